The van der Waals surface area contributed by atoms with E-state index in [1.54, 1.807) is 4.90 Å². The molecule has 0 N–H and O–H groups in total. The molecule has 194 valence electrons. The molecule has 8 heteroatoms. The molecular weight excluding hydrogens is 486 g/mol. The zero-order chi connectivity index (χ0) is 26.4. The van der Waals surface area contributed by atoms with Gasteiger partial charge in [0.25, 0.3) is 5.91 Å². The number of amides is 2. The smallest absolute Gasteiger partial charge is 0.254 e. The first-order chi connectivity index (χ1) is 17.9. The Kier molecular flexibility index (Phi) is 8.77. The van der Waals surface area contributed by atoms with E-state index >= 15 is 0 Å². The van der Waals surface area contributed by atoms with Gasteiger partial charge in [-0.2, -0.15) is 0 Å². The van der Waals surface area contributed by atoms with E-state index in [0.29, 0.717) is 30.2 Å². The van der Waals surface area contributed by atoms with Crippen LogP contribution in [0.2, 0.25) is 5.02 Å². The van der Waals surface area contributed by atoms with Gasteiger partial charge >= 0.3 is 0 Å². The predicted molar refractivity (Wildman–Crippen MR) is 148 cm³/mol. The van der Waals surface area contributed by atoms with Crippen LogP contribution in [0, 0.1) is 6.92 Å². The lowest BCUT2D eigenvalue weighted by Gasteiger charge is -2.31. The molecule has 0 spiro atoms. The third-order valence-electron chi connectivity index (χ3n) is 6.96. The number of benzene rings is 2. The molecule has 1 aliphatic rings. The molecule has 37 heavy (non-hydrogen) atoms. The maximum absolute atomic E-state index is 13.3. The van der Waals surface area contributed by atoms with E-state index in [1.807, 2.05) is 86.3 Å². The molecule has 0 aliphatic carbocycles. The van der Waals surface area contributed by atoms with Gasteiger partial charge in [-0.05, 0) is 57.0 Å². The lowest BCUT2D eigenvalue weighted by atomic mass is 10.1. The maximum Gasteiger partial charge on any atom is 0.254 e. The molecule has 2 heterocycles. The van der Waals surface area contributed by atoms with Crippen molar-refractivity contribution in [3.63, 3.8) is 0 Å². The molecule has 1 atom stereocenters. The average molecular weight is 520 g/mol. The summed E-state index contributed by atoms with van der Waals surface area (Å²) < 4.78 is 0. The van der Waals surface area contributed by atoms with E-state index in [-0.39, 0.29) is 24.4 Å². The highest BCUT2D eigenvalue weighted by molar-refractivity contribution is 6.33. The zero-order valence-corrected chi connectivity index (χ0v) is 22.5. The minimum atomic E-state index is -0.104. The average Bonchev–Trinajstić information content (AvgIpc) is 3.18. The van der Waals surface area contributed by atoms with E-state index in [1.165, 1.54) is 0 Å². The first kappa shape index (κ1) is 26.6. The highest BCUT2D eigenvalue weighted by atomic mass is 35.5. The van der Waals surface area contributed by atoms with Gasteiger partial charge in [0, 0.05) is 43.3 Å². The first-order valence-corrected chi connectivity index (χ1v) is 13.2. The van der Waals surface area contributed by atoms with E-state index in [4.69, 9.17) is 11.6 Å². The summed E-state index contributed by atoms with van der Waals surface area (Å²) in [7, 11) is 0. The van der Waals surface area contributed by atoms with Gasteiger partial charge in [0.05, 0.1) is 10.7 Å². The number of aromatic nitrogens is 2. The summed E-state index contributed by atoms with van der Waals surface area (Å²) in [6, 6.07) is 18.9. The lowest BCUT2D eigenvalue weighted by molar-refractivity contribution is -0.132. The number of carbonyl (C=O) groups excluding carboxylic acids is 2. The van der Waals surface area contributed by atoms with Gasteiger partial charge in [-0.3, -0.25) is 9.59 Å². The molecular formula is C29H34ClN5O2. The van der Waals surface area contributed by atoms with Gasteiger partial charge < -0.3 is 14.7 Å². The van der Waals surface area contributed by atoms with Crippen molar-refractivity contribution in [3.05, 3.63) is 76.8 Å². The summed E-state index contributed by atoms with van der Waals surface area (Å²) in [5, 5.41) is 9.47. The fourth-order valence-corrected chi connectivity index (χ4v) is 4.69. The Labute approximate surface area is 224 Å². The maximum atomic E-state index is 13.3. The molecule has 1 aromatic heterocycles. The van der Waals surface area contributed by atoms with Crippen molar-refractivity contribution in [3.8, 4) is 11.3 Å². The minimum Gasteiger partial charge on any atom is -0.353 e. The van der Waals surface area contributed by atoms with E-state index in [9.17, 15) is 9.59 Å². The Morgan fingerprint density at radius 2 is 1.73 bits per heavy atom. The van der Waals surface area contributed by atoms with Gasteiger partial charge in [-0.15, -0.1) is 10.2 Å². The summed E-state index contributed by atoms with van der Waals surface area (Å²) in [5.74, 6) is 0.650. The second-order valence-corrected chi connectivity index (χ2v) is 9.94. The van der Waals surface area contributed by atoms with Crippen molar-refractivity contribution >= 4 is 29.2 Å². The number of anilines is 1. The zero-order valence-electron chi connectivity index (χ0n) is 21.7. The highest BCUT2D eigenvalue weighted by Gasteiger charge is 2.27. The van der Waals surface area contributed by atoms with Gasteiger partial charge in [-0.1, -0.05) is 54.4 Å². The Morgan fingerprint density at radius 1 is 0.973 bits per heavy atom. The largest absolute Gasteiger partial charge is 0.353 e. The number of hydrogen-bond acceptors (Lipinski definition) is 5. The summed E-state index contributed by atoms with van der Waals surface area (Å²) in [5.41, 5.74) is 3.28. The van der Waals surface area contributed by atoms with Crippen LogP contribution >= 0.6 is 11.6 Å². The molecule has 2 amide bonds. The van der Waals surface area contributed by atoms with E-state index in [0.717, 1.165) is 42.0 Å². The fourth-order valence-electron chi connectivity index (χ4n) is 4.46. The van der Waals surface area contributed by atoms with Crippen LogP contribution in [0.3, 0.4) is 0 Å². The first-order valence-electron chi connectivity index (χ1n) is 12.9. The number of carbonyl (C=O) groups is 2. The third-order valence-corrected chi connectivity index (χ3v) is 7.29. The Hall–Kier alpha value is -3.45. The molecule has 3 aromatic rings. The molecule has 1 aliphatic heterocycles. The topological polar surface area (TPSA) is 69.6 Å². The monoisotopic (exact) mass is 519 g/mol. The Bertz CT molecular complexity index is 1220. The van der Waals surface area contributed by atoms with Crippen molar-refractivity contribution in [2.45, 2.75) is 39.7 Å². The second-order valence-electron chi connectivity index (χ2n) is 9.53. The second kappa shape index (κ2) is 12.2. The molecule has 0 radical (unpaired) electrons. The molecule has 1 fully saturated rings. The number of rotatable bonds is 7. The van der Waals surface area contributed by atoms with Crippen LogP contribution in [0.4, 0.5) is 5.82 Å². The third kappa shape index (κ3) is 6.46. The van der Waals surface area contributed by atoms with Crippen molar-refractivity contribution in [2.75, 3.05) is 37.6 Å². The molecule has 7 nitrogen and oxygen atoms in total. The summed E-state index contributed by atoms with van der Waals surface area (Å²) in [4.78, 5) is 32.3. The minimum absolute atomic E-state index is 0.0252. The van der Waals surface area contributed by atoms with E-state index in [2.05, 4.69) is 15.1 Å². The summed E-state index contributed by atoms with van der Waals surface area (Å²) >= 11 is 6.30. The van der Waals surface area contributed by atoms with Gasteiger partial charge in [-0.25, -0.2) is 0 Å². The van der Waals surface area contributed by atoms with Crippen LogP contribution in [-0.4, -0.2) is 70.6 Å². The molecule has 4 rings (SSSR count). The van der Waals surface area contributed by atoms with Crippen LogP contribution in [0.15, 0.2) is 60.7 Å². The van der Waals surface area contributed by atoms with Crippen molar-refractivity contribution < 1.29 is 9.59 Å². The normalized spacial score (nSPS) is 14.7. The van der Waals surface area contributed by atoms with Crippen LogP contribution in [0.5, 0.6) is 0 Å². The predicted octanol–water partition coefficient (Wildman–Crippen LogP) is 5.09. The Morgan fingerprint density at radius 3 is 2.41 bits per heavy atom. The van der Waals surface area contributed by atoms with Crippen LogP contribution in [0.1, 0.15) is 42.6 Å². The quantitative estimate of drug-likeness (QED) is 0.435. The molecule has 0 bridgehead atoms. The highest BCUT2D eigenvalue weighted by Crippen LogP contribution is 2.26. The Balaban J connectivity index is 1.40. The van der Waals surface area contributed by atoms with Crippen LogP contribution in [-0.2, 0) is 4.79 Å². The summed E-state index contributed by atoms with van der Waals surface area (Å²) in [6.07, 6.45) is 1.59. The van der Waals surface area contributed by atoms with E-state index < -0.39 is 0 Å². The number of aryl methyl sites for hydroxylation is 1. The fraction of sp³-hybridized carbons (Fsp3) is 0.379. The van der Waals surface area contributed by atoms with Gasteiger partial charge in [0.2, 0.25) is 5.91 Å². The van der Waals surface area contributed by atoms with Crippen molar-refractivity contribution in [2.24, 2.45) is 0 Å². The van der Waals surface area contributed by atoms with Gasteiger partial charge in [0.1, 0.15) is 6.54 Å². The lowest BCUT2D eigenvalue weighted by Crippen LogP contribution is -2.47. The van der Waals surface area contributed by atoms with Crippen LogP contribution < -0.4 is 4.90 Å². The number of halogens is 1. The molecule has 0 unspecified atom stereocenters. The molecule has 2 aromatic carbocycles. The van der Waals surface area contributed by atoms with Crippen molar-refractivity contribution in [1.29, 1.82) is 0 Å². The van der Waals surface area contributed by atoms with Gasteiger partial charge in [0.15, 0.2) is 5.82 Å². The number of nitrogens with zero attached hydrogens (tertiary/aromatic N) is 5. The molecule has 1 saturated heterocycles. The SMILES string of the molecule is CC[C@@H](C)N(CC(=O)N1CCCN(c2ccc(-c3ccccc3Cl)nn2)CC1)C(=O)c1ccc(C)cc1. The number of hydrogen-bond donors (Lipinski definition) is 0. The summed E-state index contributed by atoms with van der Waals surface area (Å²) in [6.45, 7) is 8.75. The standard InChI is InChI=1S/C29H34ClN5O2/c1-4-22(3)35(29(37)23-12-10-21(2)11-13-23)20-28(36)34-17-7-16-33(18-19-34)27-15-14-26(31-32-27)24-8-5-6-9-25(24)30/h5-6,8-15,22H,4,7,16-20H2,1-3H3/t22-/m1/s1. The van der Waals surface area contributed by atoms with Crippen molar-refractivity contribution in [1.82, 2.24) is 20.0 Å². The van der Waals surface area contributed by atoms with Crippen LogP contribution in [0.25, 0.3) is 11.3 Å². The molecule has 0 saturated carbocycles.